The molecule has 0 aliphatic heterocycles. The summed E-state index contributed by atoms with van der Waals surface area (Å²) < 4.78 is 0. The van der Waals surface area contributed by atoms with Crippen molar-refractivity contribution in [2.75, 3.05) is 6.61 Å². The van der Waals surface area contributed by atoms with Crippen LogP contribution in [0.5, 0.6) is 0 Å². The first-order valence-electron chi connectivity index (χ1n) is 4.44. The van der Waals surface area contributed by atoms with Crippen molar-refractivity contribution in [3.05, 3.63) is 21.9 Å². The van der Waals surface area contributed by atoms with E-state index >= 15 is 0 Å². The third kappa shape index (κ3) is 1.48. The third-order valence-corrected chi connectivity index (χ3v) is 2.74. The van der Waals surface area contributed by atoms with Crippen LogP contribution in [0.25, 0.3) is 0 Å². The van der Waals surface area contributed by atoms with Gasteiger partial charge in [0.25, 0.3) is 0 Å². The van der Waals surface area contributed by atoms with E-state index in [1.807, 2.05) is 0 Å². The van der Waals surface area contributed by atoms with E-state index in [9.17, 15) is 10.1 Å². The average molecular weight is 197 g/mol. The summed E-state index contributed by atoms with van der Waals surface area (Å²) in [4.78, 5) is 10.1. The van der Waals surface area contributed by atoms with Crippen molar-refractivity contribution in [2.45, 2.75) is 19.3 Å². The monoisotopic (exact) mass is 197 g/mol. The summed E-state index contributed by atoms with van der Waals surface area (Å²) in [7, 11) is 0. The number of H-pyrrole nitrogens is 1. The fourth-order valence-corrected chi connectivity index (χ4v) is 1.56. The van der Waals surface area contributed by atoms with Crippen LogP contribution in [0.15, 0.2) is 6.20 Å². The van der Waals surface area contributed by atoms with Gasteiger partial charge >= 0.3 is 5.82 Å². The van der Waals surface area contributed by atoms with Crippen LogP contribution in [0, 0.1) is 15.5 Å². The molecule has 1 aliphatic carbocycles. The second-order valence-corrected chi connectivity index (χ2v) is 3.84. The van der Waals surface area contributed by atoms with Gasteiger partial charge in [-0.15, -0.1) is 5.10 Å². The summed E-state index contributed by atoms with van der Waals surface area (Å²) in [5.41, 5.74) is 0.468. The Bertz CT molecular complexity index is 356. The van der Waals surface area contributed by atoms with Crippen molar-refractivity contribution >= 4 is 5.82 Å². The fraction of sp³-hybridized carbons (Fsp3) is 0.625. The van der Waals surface area contributed by atoms with Crippen molar-refractivity contribution in [3.63, 3.8) is 0 Å². The number of hydrogen-bond donors (Lipinski definition) is 2. The minimum Gasteiger partial charge on any atom is -0.396 e. The van der Waals surface area contributed by atoms with E-state index in [1.54, 1.807) is 0 Å². The summed E-state index contributed by atoms with van der Waals surface area (Å²) in [6, 6.07) is 0. The van der Waals surface area contributed by atoms with Gasteiger partial charge in [-0.2, -0.15) is 0 Å². The van der Waals surface area contributed by atoms with Gasteiger partial charge in [0.1, 0.15) is 0 Å². The lowest BCUT2D eigenvalue weighted by Crippen LogP contribution is -2.10. The highest BCUT2D eigenvalue weighted by Gasteiger charge is 2.43. The normalized spacial score (nSPS) is 18.1. The van der Waals surface area contributed by atoms with E-state index in [2.05, 4.69) is 10.2 Å². The van der Waals surface area contributed by atoms with Gasteiger partial charge in [0, 0.05) is 6.61 Å². The summed E-state index contributed by atoms with van der Waals surface area (Å²) in [5, 5.41) is 25.6. The Kier molecular flexibility index (Phi) is 1.99. The van der Waals surface area contributed by atoms with E-state index in [4.69, 9.17) is 5.11 Å². The van der Waals surface area contributed by atoms with Crippen LogP contribution in [-0.4, -0.2) is 26.8 Å². The molecule has 2 rings (SSSR count). The Morgan fingerprint density at radius 3 is 2.93 bits per heavy atom. The zero-order valence-corrected chi connectivity index (χ0v) is 7.56. The Hall–Kier alpha value is -1.43. The van der Waals surface area contributed by atoms with Crippen LogP contribution in [0.1, 0.15) is 18.4 Å². The second kappa shape index (κ2) is 3.06. The maximum Gasteiger partial charge on any atom is 0.345 e. The van der Waals surface area contributed by atoms with Gasteiger partial charge in [0.05, 0.1) is 11.8 Å². The topological polar surface area (TPSA) is 92.0 Å². The SMILES string of the molecule is O=[N+]([O-])c1[nH]ncc1CC1(CO)CC1. The molecule has 2 N–H and O–H groups in total. The number of nitrogens with one attached hydrogen (secondary N) is 1. The van der Waals surface area contributed by atoms with Crippen molar-refractivity contribution in [1.29, 1.82) is 0 Å². The highest BCUT2D eigenvalue weighted by Crippen LogP contribution is 2.48. The van der Waals surface area contributed by atoms with E-state index in [0.717, 1.165) is 12.8 Å². The smallest absolute Gasteiger partial charge is 0.345 e. The fourth-order valence-electron chi connectivity index (χ4n) is 1.56. The first-order chi connectivity index (χ1) is 6.67. The second-order valence-electron chi connectivity index (χ2n) is 3.84. The molecule has 0 unspecified atom stereocenters. The Morgan fingerprint density at radius 2 is 2.43 bits per heavy atom. The molecule has 14 heavy (non-hydrogen) atoms. The van der Waals surface area contributed by atoms with Crippen LogP contribution in [0.2, 0.25) is 0 Å². The summed E-state index contributed by atoms with van der Waals surface area (Å²) >= 11 is 0. The number of nitrogens with zero attached hydrogens (tertiary/aromatic N) is 2. The minimum atomic E-state index is -0.476. The summed E-state index contributed by atoms with van der Waals surface area (Å²) in [6.45, 7) is 0.0926. The number of aliphatic hydroxyl groups is 1. The molecule has 0 saturated heterocycles. The van der Waals surface area contributed by atoms with Crippen molar-refractivity contribution in [1.82, 2.24) is 10.2 Å². The first kappa shape index (κ1) is 9.14. The molecule has 1 aliphatic rings. The zero-order valence-electron chi connectivity index (χ0n) is 7.56. The highest BCUT2D eigenvalue weighted by molar-refractivity contribution is 5.31. The summed E-state index contributed by atoms with van der Waals surface area (Å²) in [5.74, 6) is -0.0512. The number of hydrogen-bond acceptors (Lipinski definition) is 4. The molecule has 0 aromatic carbocycles. The lowest BCUT2D eigenvalue weighted by Gasteiger charge is -2.08. The first-order valence-corrected chi connectivity index (χ1v) is 4.44. The van der Waals surface area contributed by atoms with Gasteiger partial charge in [-0.25, -0.2) is 0 Å². The molecule has 76 valence electrons. The summed E-state index contributed by atoms with van der Waals surface area (Å²) in [6.07, 6.45) is 3.88. The molecule has 6 nitrogen and oxygen atoms in total. The van der Waals surface area contributed by atoms with Crippen LogP contribution >= 0.6 is 0 Å². The van der Waals surface area contributed by atoms with Crippen LogP contribution in [0.3, 0.4) is 0 Å². The lowest BCUT2D eigenvalue weighted by molar-refractivity contribution is -0.390. The molecule has 0 atom stereocenters. The third-order valence-electron chi connectivity index (χ3n) is 2.74. The molecule has 1 heterocycles. The molecule has 0 bridgehead atoms. The minimum absolute atomic E-state index is 0.0512. The van der Waals surface area contributed by atoms with E-state index < -0.39 is 4.92 Å². The highest BCUT2D eigenvalue weighted by atomic mass is 16.6. The van der Waals surface area contributed by atoms with Gasteiger partial charge in [0.2, 0.25) is 0 Å². The van der Waals surface area contributed by atoms with Crippen LogP contribution < -0.4 is 0 Å². The molecular formula is C8H11N3O3. The molecule has 1 saturated carbocycles. The number of nitro groups is 1. The number of aliphatic hydroxyl groups excluding tert-OH is 1. The predicted octanol–water partition coefficient (Wildman–Crippen LogP) is 0.633. The molecule has 1 aromatic rings. The van der Waals surface area contributed by atoms with Gasteiger partial charge in [-0.1, -0.05) is 5.10 Å². The van der Waals surface area contributed by atoms with Gasteiger partial charge in [-0.05, 0) is 29.6 Å². The Balaban J connectivity index is 2.16. The lowest BCUT2D eigenvalue weighted by atomic mass is 9.99. The zero-order chi connectivity index (χ0) is 10.2. The number of aromatic nitrogens is 2. The molecule has 1 aromatic heterocycles. The van der Waals surface area contributed by atoms with Gasteiger partial charge < -0.3 is 15.2 Å². The molecule has 0 radical (unpaired) electrons. The van der Waals surface area contributed by atoms with Crippen LogP contribution in [-0.2, 0) is 6.42 Å². The van der Waals surface area contributed by atoms with Gasteiger partial charge in [-0.3, -0.25) is 0 Å². The predicted molar refractivity (Wildman–Crippen MR) is 47.7 cm³/mol. The maximum atomic E-state index is 10.5. The molecule has 0 spiro atoms. The van der Waals surface area contributed by atoms with Crippen molar-refractivity contribution < 1.29 is 10.0 Å². The van der Waals surface area contributed by atoms with Crippen LogP contribution in [0.4, 0.5) is 5.82 Å². The molecule has 0 amide bonds. The largest absolute Gasteiger partial charge is 0.396 e. The number of aromatic amines is 1. The molecule has 6 heteroatoms. The van der Waals surface area contributed by atoms with E-state index in [0.29, 0.717) is 12.0 Å². The Labute approximate surface area is 80.1 Å². The number of rotatable bonds is 4. The van der Waals surface area contributed by atoms with E-state index in [-0.39, 0.29) is 17.8 Å². The van der Waals surface area contributed by atoms with E-state index in [1.165, 1.54) is 6.20 Å². The van der Waals surface area contributed by atoms with Crippen molar-refractivity contribution in [3.8, 4) is 0 Å². The molecular weight excluding hydrogens is 186 g/mol. The maximum absolute atomic E-state index is 10.5. The molecule has 1 fully saturated rings. The van der Waals surface area contributed by atoms with Crippen molar-refractivity contribution in [2.24, 2.45) is 5.41 Å². The van der Waals surface area contributed by atoms with Gasteiger partial charge in [0.15, 0.2) is 0 Å². The average Bonchev–Trinajstić information content (AvgIpc) is 2.76. The standard InChI is InChI=1S/C8H11N3O3/c12-5-8(1-2-8)3-6-4-9-10-7(6)11(13)14/h4,12H,1-3,5H2,(H,9,10). The quantitative estimate of drug-likeness (QED) is 0.547. The Morgan fingerprint density at radius 1 is 1.71 bits per heavy atom.